The largest absolute Gasteiger partial charge is 0.508 e. The van der Waals surface area contributed by atoms with Crippen molar-refractivity contribution in [3.63, 3.8) is 0 Å². The summed E-state index contributed by atoms with van der Waals surface area (Å²) in [6.45, 7) is 15.6. The van der Waals surface area contributed by atoms with E-state index in [0.717, 1.165) is 35.1 Å². The second kappa shape index (κ2) is 13.9. The zero-order valence-electron chi connectivity index (χ0n) is 24.0. The van der Waals surface area contributed by atoms with Crippen molar-refractivity contribution in [2.24, 2.45) is 0 Å². The number of ether oxygens (including phenoxy) is 1. The minimum Gasteiger partial charge on any atom is -0.508 e. The molecule has 0 atom stereocenters. The number of phenolic OH excluding ortho intramolecular Hbond substituents is 1. The van der Waals surface area contributed by atoms with E-state index in [2.05, 4.69) is 48.5 Å². The molecule has 0 aliphatic heterocycles. The van der Waals surface area contributed by atoms with Crippen LogP contribution in [0.2, 0.25) is 0 Å². The molecule has 0 saturated heterocycles. The molecule has 0 aliphatic carbocycles. The number of aromatic hydroxyl groups is 1. The molecule has 2 aromatic carbocycles. The molecule has 0 amide bonds. The fraction of sp³-hybridized carbons (Fsp3) is 0.606. The number of rotatable bonds is 13. The Morgan fingerprint density at radius 3 is 1.86 bits per heavy atom. The maximum Gasteiger partial charge on any atom is 0.338 e. The standard InChI is InChI=1S/C33H50O3/c1-8-9-10-11-12-13-14-15-16-17-23-36-31(35)26-20-18-19-25(24-26)27-21-22-28(34)30(33(5,6)7)29(27)32(2,3)4/h18-22,24,34H,8-17,23H2,1-7H3. The molecule has 3 nitrogen and oxygen atoms in total. The van der Waals surface area contributed by atoms with E-state index < -0.39 is 0 Å². The van der Waals surface area contributed by atoms with Gasteiger partial charge in [-0.1, -0.05) is 124 Å². The van der Waals surface area contributed by atoms with E-state index in [-0.39, 0.29) is 16.8 Å². The van der Waals surface area contributed by atoms with Crippen molar-refractivity contribution >= 4 is 5.97 Å². The van der Waals surface area contributed by atoms with E-state index in [1.54, 1.807) is 6.07 Å². The lowest BCUT2D eigenvalue weighted by Crippen LogP contribution is -2.23. The van der Waals surface area contributed by atoms with E-state index in [1.807, 2.05) is 30.3 Å². The smallest absolute Gasteiger partial charge is 0.338 e. The van der Waals surface area contributed by atoms with Crippen LogP contribution < -0.4 is 0 Å². The molecule has 0 saturated carbocycles. The van der Waals surface area contributed by atoms with Gasteiger partial charge in [-0.05, 0) is 52.1 Å². The van der Waals surface area contributed by atoms with E-state index in [1.165, 1.54) is 51.4 Å². The lowest BCUT2D eigenvalue weighted by molar-refractivity contribution is 0.0497. The van der Waals surface area contributed by atoms with Crippen molar-refractivity contribution in [2.45, 2.75) is 124 Å². The molecule has 0 spiro atoms. The molecule has 2 aromatic rings. The van der Waals surface area contributed by atoms with E-state index in [0.29, 0.717) is 17.9 Å². The Balaban J connectivity index is 2.01. The topological polar surface area (TPSA) is 46.5 Å². The molecule has 2 rings (SSSR count). The number of benzene rings is 2. The normalized spacial score (nSPS) is 12.1. The van der Waals surface area contributed by atoms with E-state index in [9.17, 15) is 9.90 Å². The number of esters is 1. The zero-order chi connectivity index (χ0) is 26.8. The monoisotopic (exact) mass is 494 g/mol. The van der Waals surface area contributed by atoms with Crippen LogP contribution in [0.1, 0.15) is 134 Å². The number of carbonyl (C=O) groups is 1. The van der Waals surface area contributed by atoms with Crippen LogP contribution in [0.25, 0.3) is 11.1 Å². The summed E-state index contributed by atoms with van der Waals surface area (Å²) in [4.78, 5) is 12.8. The van der Waals surface area contributed by atoms with Crippen molar-refractivity contribution in [1.82, 2.24) is 0 Å². The second-order valence-electron chi connectivity index (χ2n) is 12.3. The highest BCUT2D eigenvalue weighted by Crippen LogP contribution is 2.44. The quantitative estimate of drug-likeness (QED) is 0.223. The highest BCUT2D eigenvalue weighted by atomic mass is 16.5. The molecule has 0 aliphatic rings. The first-order chi connectivity index (χ1) is 17.0. The average molecular weight is 495 g/mol. The summed E-state index contributed by atoms with van der Waals surface area (Å²) in [5, 5.41) is 10.8. The van der Waals surface area contributed by atoms with Crippen LogP contribution in [0.4, 0.5) is 0 Å². The van der Waals surface area contributed by atoms with Crippen LogP contribution in [0.15, 0.2) is 36.4 Å². The Bertz CT molecular complexity index is 960. The first kappa shape index (κ1) is 29.9. The van der Waals surface area contributed by atoms with Crippen LogP contribution in [0.3, 0.4) is 0 Å². The fourth-order valence-electron chi connectivity index (χ4n) is 5.02. The summed E-state index contributed by atoms with van der Waals surface area (Å²) in [5.74, 6) is 0.0585. The van der Waals surface area contributed by atoms with Gasteiger partial charge < -0.3 is 9.84 Å². The van der Waals surface area contributed by atoms with Gasteiger partial charge in [0.25, 0.3) is 0 Å². The third-order valence-corrected chi connectivity index (χ3v) is 6.82. The highest BCUT2D eigenvalue weighted by Gasteiger charge is 2.31. The average Bonchev–Trinajstić information content (AvgIpc) is 2.81. The number of phenols is 1. The van der Waals surface area contributed by atoms with Gasteiger partial charge in [-0.2, -0.15) is 0 Å². The van der Waals surface area contributed by atoms with Gasteiger partial charge in [0.05, 0.1) is 12.2 Å². The summed E-state index contributed by atoms with van der Waals surface area (Å²) in [7, 11) is 0. The molecular weight excluding hydrogens is 444 g/mol. The van der Waals surface area contributed by atoms with Gasteiger partial charge in [-0.25, -0.2) is 4.79 Å². The second-order valence-corrected chi connectivity index (χ2v) is 12.3. The first-order valence-corrected chi connectivity index (χ1v) is 14.1. The predicted molar refractivity (Wildman–Crippen MR) is 153 cm³/mol. The van der Waals surface area contributed by atoms with Crippen LogP contribution >= 0.6 is 0 Å². The van der Waals surface area contributed by atoms with Gasteiger partial charge in [-0.3, -0.25) is 0 Å². The van der Waals surface area contributed by atoms with E-state index >= 15 is 0 Å². The number of carbonyl (C=O) groups excluding carboxylic acids is 1. The molecular formula is C33H50O3. The lowest BCUT2D eigenvalue weighted by Gasteiger charge is -2.33. The third-order valence-electron chi connectivity index (χ3n) is 6.82. The van der Waals surface area contributed by atoms with Crippen LogP contribution in [-0.4, -0.2) is 17.7 Å². The molecule has 0 unspecified atom stereocenters. The van der Waals surface area contributed by atoms with Gasteiger partial charge in [0, 0.05) is 5.56 Å². The van der Waals surface area contributed by atoms with Gasteiger partial charge in [0.1, 0.15) is 5.75 Å². The molecule has 0 fully saturated rings. The summed E-state index contributed by atoms with van der Waals surface area (Å²) in [5.41, 5.74) is 4.28. The molecule has 3 heteroatoms. The fourth-order valence-corrected chi connectivity index (χ4v) is 5.02. The number of hydrogen-bond acceptors (Lipinski definition) is 3. The summed E-state index contributed by atoms with van der Waals surface area (Å²) >= 11 is 0. The summed E-state index contributed by atoms with van der Waals surface area (Å²) < 4.78 is 5.61. The van der Waals surface area contributed by atoms with Crippen LogP contribution in [0, 0.1) is 0 Å². The molecule has 200 valence electrons. The first-order valence-electron chi connectivity index (χ1n) is 14.1. The predicted octanol–water partition coefficient (Wildman–Crippen LogP) is 9.73. The number of unbranched alkanes of at least 4 members (excludes halogenated alkanes) is 9. The Kier molecular flexibility index (Phi) is 11.5. The van der Waals surface area contributed by atoms with Gasteiger partial charge >= 0.3 is 5.97 Å². The van der Waals surface area contributed by atoms with Crippen molar-refractivity contribution in [2.75, 3.05) is 6.61 Å². The van der Waals surface area contributed by atoms with Crippen LogP contribution in [-0.2, 0) is 15.6 Å². The molecule has 36 heavy (non-hydrogen) atoms. The molecule has 0 aromatic heterocycles. The maximum absolute atomic E-state index is 12.8. The third kappa shape index (κ3) is 8.98. The Hall–Kier alpha value is -2.29. The summed E-state index contributed by atoms with van der Waals surface area (Å²) in [6, 6.07) is 11.5. The van der Waals surface area contributed by atoms with Crippen molar-refractivity contribution in [1.29, 1.82) is 0 Å². The molecule has 1 N–H and O–H groups in total. The van der Waals surface area contributed by atoms with Crippen LogP contribution in [0.5, 0.6) is 5.75 Å². The van der Waals surface area contributed by atoms with Gasteiger partial charge in [0.15, 0.2) is 0 Å². The van der Waals surface area contributed by atoms with Crippen molar-refractivity contribution in [3.8, 4) is 16.9 Å². The Morgan fingerprint density at radius 2 is 1.31 bits per heavy atom. The molecule has 0 heterocycles. The highest BCUT2D eigenvalue weighted by molar-refractivity contribution is 5.91. The van der Waals surface area contributed by atoms with E-state index in [4.69, 9.17) is 4.74 Å². The van der Waals surface area contributed by atoms with Gasteiger partial charge in [-0.15, -0.1) is 0 Å². The Morgan fingerprint density at radius 1 is 0.750 bits per heavy atom. The molecule has 0 radical (unpaired) electrons. The maximum atomic E-state index is 12.8. The van der Waals surface area contributed by atoms with Gasteiger partial charge in [0.2, 0.25) is 0 Å². The summed E-state index contributed by atoms with van der Waals surface area (Å²) in [6.07, 6.45) is 12.6. The zero-order valence-corrected chi connectivity index (χ0v) is 24.0. The molecule has 0 bridgehead atoms. The number of hydrogen-bond donors (Lipinski definition) is 1. The SMILES string of the molecule is CCCCCCCCCCCCOC(=O)c1cccc(-c2ccc(O)c(C(C)(C)C)c2C(C)(C)C)c1. The minimum absolute atomic E-state index is 0.178. The van der Waals surface area contributed by atoms with Crippen molar-refractivity contribution in [3.05, 3.63) is 53.1 Å². The minimum atomic E-state index is -0.264. The lowest BCUT2D eigenvalue weighted by atomic mass is 9.71. The Labute approximate surface area is 220 Å². The van der Waals surface area contributed by atoms with Crippen molar-refractivity contribution < 1.29 is 14.6 Å².